The Kier molecular flexibility index (Phi) is 4.32. The summed E-state index contributed by atoms with van der Waals surface area (Å²) in [5, 5.41) is 4.55. The number of aromatic nitrogens is 4. The van der Waals surface area contributed by atoms with Crippen molar-refractivity contribution in [3.05, 3.63) is 53.9 Å². The second kappa shape index (κ2) is 6.78. The molecule has 1 atom stereocenters. The monoisotopic (exact) mass is 349 g/mol. The lowest BCUT2D eigenvalue weighted by Crippen LogP contribution is -2.24. The Hall–Kier alpha value is -2.89. The van der Waals surface area contributed by atoms with Gasteiger partial charge in [-0.1, -0.05) is 30.3 Å². The van der Waals surface area contributed by atoms with Crippen LogP contribution in [0.2, 0.25) is 0 Å². The van der Waals surface area contributed by atoms with Crippen LogP contribution in [0.4, 0.5) is 5.82 Å². The fraction of sp³-hybridized carbons (Fsp3) is 0.350. The highest BCUT2D eigenvalue weighted by Gasteiger charge is 2.33. The molecule has 0 amide bonds. The quantitative estimate of drug-likeness (QED) is 0.721. The summed E-state index contributed by atoms with van der Waals surface area (Å²) in [4.78, 5) is 11.6. The molecule has 3 heterocycles. The van der Waals surface area contributed by atoms with Gasteiger partial charge in [0.1, 0.15) is 5.82 Å². The van der Waals surface area contributed by atoms with Gasteiger partial charge in [-0.25, -0.2) is 14.6 Å². The lowest BCUT2D eigenvalue weighted by Gasteiger charge is -2.26. The summed E-state index contributed by atoms with van der Waals surface area (Å²) in [7, 11) is 3.63. The third-order valence-electron chi connectivity index (χ3n) is 4.96. The van der Waals surface area contributed by atoms with Crippen molar-refractivity contribution >= 4 is 5.82 Å². The molecule has 2 aromatic heterocycles. The number of nitrogens with zero attached hydrogens (tertiary/aromatic N) is 5. The predicted octanol–water partition coefficient (Wildman–Crippen LogP) is 3.54. The van der Waals surface area contributed by atoms with Gasteiger partial charge in [0.2, 0.25) is 5.88 Å². The van der Waals surface area contributed by atoms with Gasteiger partial charge in [0, 0.05) is 25.4 Å². The zero-order valence-corrected chi connectivity index (χ0v) is 15.4. The molecule has 1 fully saturated rings. The number of anilines is 1. The van der Waals surface area contributed by atoms with Gasteiger partial charge in [0.15, 0.2) is 5.82 Å². The van der Waals surface area contributed by atoms with Crippen LogP contribution >= 0.6 is 0 Å². The van der Waals surface area contributed by atoms with Gasteiger partial charge in [-0.2, -0.15) is 5.10 Å². The van der Waals surface area contributed by atoms with Gasteiger partial charge in [0.05, 0.1) is 24.4 Å². The largest absolute Gasteiger partial charge is 0.481 e. The minimum Gasteiger partial charge on any atom is -0.481 e. The van der Waals surface area contributed by atoms with Crippen molar-refractivity contribution < 1.29 is 4.74 Å². The lowest BCUT2D eigenvalue weighted by atomic mass is 10.1. The highest BCUT2D eigenvalue weighted by Crippen LogP contribution is 2.40. The third kappa shape index (κ3) is 2.81. The number of benzene rings is 1. The summed E-state index contributed by atoms with van der Waals surface area (Å²) in [6.45, 7) is 3.01. The first-order chi connectivity index (χ1) is 12.7. The van der Waals surface area contributed by atoms with Crippen molar-refractivity contribution in [1.82, 2.24) is 19.7 Å². The minimum atomic E-state index is 0.220. The average Bonchev–Trinajstić information content (AvgIpc) is 3.25. The van der Waals surface area contributed by atoms with Crippen molar-refractivity contribution in [3.63, 3.8) is 0 Å². The standard InChI is InChI=1S/C20H23N5O/c1-14-18(20(26-3)24(2)23-14)16-10-7-13-25(16)17-11-12-21-19(22-17)15-8-5-4-6-9-15/h4-6,8-9,11-12,16H,7,10,13H2,1-3H3. The number of ether oxygens (including phenoxy) is 1. The van der Waals surface area contributed by atoms with Crippen molar-refractivity contribution in [1.29, 1.82) is 0 Å². The van der Waals surface area contributed by atoms with E-state index in [2.05, 4.69) is 15.0 Å². The lowest BCUT2D eigenvalue weighted by molar-refractivity contribution is 0.366. The van der Waals surface area contributed by atoms with Crippen LogP contribution in [0.25, 0.3) is 11.4 Å². The fourth-order valence-electron chi connectivity index (χ4n) is 3.86. The van der Waals surface area contributed by atoms with E-state index in [0.717, 1.165) is 53.7 Å². The second-order valence-corrected chi connectivity index (χ2v) is 6.59. The summed E-state index contributed by atoms with van der Waals surface area (Å²) in [5.41, 5.74) is 3.20. The van der Waals surface area contributed by atoms with Gasteiger partial charge in [-0.15, -0.1) is 0 Å². The molecule has 26 heavy (non-hydrogen) atoms. The van der Waals surface area contributed by atoms with E-state index in [1.54, 1.807) is 7.11 Å². The van der Waals surface area contributed by atoms with E-state index in [1.165, 1.54) is 0 Å². The van der Waals surface area contributed by atoms with Crippen LogP contribution in [0, 0.1) is 6.92 Å². The topological polar surface area (TPSA) is 56.1 Å². The normalized spacial score (nSPS) is 16.9. The van der Waals surface area contributed by atoms with E-state index in [-0.39, 0.29) is 6.04 Å². The van der Waals surface area contributed by atoms with E-state index >= 15 is 0 Å². The first-order valence-electron chi connectivity index (χ1n) is 8.91. The maximum Gasteiger partial charge on any atom is 0.216 e. The molecule has 3 aromatic rings. The fourth-order valence-corrected chi connectivity index (χ4v) is 3.86. The minimum absolute atomic E-state index is 0.220. The Morgan fingerprint density at radius 3 is 2.73 bits per heavy atom. The first-order valence-corrected chi connectivity index (χ1v) is 8.91. The number of rotatable bonds is 4. The SMILES string of the molecule is COc1c(C2CCCN2c2ccnc(-c3ccccc3)n2)c(C)nn1C. The molecule has 0 bridgehead atoms. The molecular formula is C20H23N5O. The summed E-state index contributed by atoms with van der Waals surface area (Å²) < 4.78 is 7.44. The van der Waals surface area contributed by atoms with Gasteiger partial charge in [0.25, 0.3) is 0 Å². The molecule has 0 saturated carbocycles. The Morgan fingerprint density at radius 2 is 1.96 bits per heavy atom. The molecule has 1 aliphatic rings. The highest BCUT2D eigenvalue weighted by atomic mass is 16.5. The highest BCUT2D eigenvalue weighted by molar-refractivity contribution is 5.58. The third-order valence-corrected chi connectivity index (χ3v) is 4.96. The second-order valence-electron chi connectivity index (χ2n) is 6.59. The molecule has 0 spiro atoms. The van der Waals surface area contributed by atoms with Gasteiger partial charge < -0.3 is 9.64 Å². The van der Waals surface area contributed by atoms with Gasteiger partial charge >= 0.3 is 0 Å². The molecule has 0 N–H and O–H groups in total. The summed E-state index contributed by atoms with van der Waals surface area (Å²) in [5.74, 6) is 2.53. The van der Waals surface area contributed by atoms with Crippen LogP contribution in [0.3, 0.4) is 0 Å². The molecule has 1 unspecified atom stereocenters. The molecule has 1 aromatic carbocycles. The molecule has 0 radical (unpaired) electrons. The zero-order chi connectivity index (χ0) is 18.1. The van der Waals surface area contributed by atoms with E-state index < -0.39 is 0 Å². The van der Waals surface area contributed by atoms with Crippen molar-refractivity contribution in [2.45, 2.75) is 25.8 Å². The number of aryl methyl sites for hydroxylation is 2. The van der Waals surface area contributed by atoms with E-state index in [4.69, 9.17) is 9.72 Å². The zero-order valence-electron chi connectivity index (χ0n) is 15.4. The van der Waals surface area contributed by atoms with E-state index in [0.29, 0.717) is 0 Å². The van der Waals surface area contributed by atoms with E-state index in [1.807, 2.05) is 61.2 Å². The van der Waals surface area contributed by atoms with E-state index in [9.17, 15) is 0 Å². The smallest absolute Gasteiger partial charge is 0.216 e. The van der Waals surface area contributed by atoms with Crippen LogP contribution < -0.4 is 9.64 Å². The molecule has 6 nitrogen and oxygen atoms in total. The van der Waals surface area contributed by atoms with Crippen LogP contribution in [-0.2, 0) is 7.05 Å². The Balaban J connectivity index is 1.72. The summed E-state index contributed by atoms with van der Waals surface area (Å²) >= 11 is 0. The Bertz CT molecular complexity index is 906. The molecule has 1 saturated heterocycles. The molecule has 134 valence electrons. The number of hydrogen-bond acceptors (Lipinski definition) is 5. The first kappa shape index (κ1) is 16.6. The van der Waals surface area contributed by atoms with Crippen molar-refractivity contribution in [2.24, 2.45) is 7.05 Å². The van der Waals surface area contributed by atoms with Crippen molar-refractivity contribution in [2.75, 3.05) is 18.6 Å². The average molecular weight is 349 g/mol. The Labute approximate surface area is 153 Å². The Morgan fingerprint density at radius 1 is 1.15 bits per heavy atom. The number of hydrogen-bond donors (Lipinski definition) is 0. The van der Waals surface area contributed by atoms with Gasteiger partial charge in [-0.05, 0) is 25.8 Å². The molecule has 0 aliphatic carbocycles. The molecule has 6 heteroatoms. The van der Waals surface area contributed by atoms with Crippen molar-refractivity contribution in [3.8, 4) is 17.3 Å². The number of methoxy groups -OCH3 is 1. The van der Waals surface area contributed by atoms with Crippen LogP contribution in [0.1, 0.15) is 30.1 Å². The van der Waals surface area contributed by atoms with Crippen LogP contribution in [0.15, 0.2) is 42.6 Å². The summed E-state index contributed by atoms with van der Waals surface area (Å²) in [6.07, 6.45) is 4.02. The maximum atomic E-state index is 5.63. The molecular weight excluding hydrogens is 326 g/mol. The van der Waals surface area contributed by atoms with Crippen LogP contribution in [-0.4, -0.2) is 33.4 Å². The molecule has 1 aliphatic heterocycles. The summed E-state index contributed by atoms with van der Waals surface area (Å²) in [6, 6.07) is 12.3. The maximum absolute atomic E-state index is 5.63. The molecule has 4 rings (SSSR count). The van der Waals surface area contributed by atoms with Gasteiger partial charge in [-0.3, -0.25) is 0 Å². The predicted molar refractivity (Wildman–Crippen MR) is 101 cm³/mol. The van der Waals surface area contributed by atoms with Crippen LogP contribution in [0.5, 0.6) is 5.88 Å².